The summed E-state index contributed by atoms with van der Waals surface area (Å²) in [4.78, 5) is 33.6. The minimum absolute atomic E-state index is 0.0454. The van der Waals surface area contributed by atoms with Gasteiger partial charge in [0.2, 0.25) is 0 Å². The van der Waals surface area contributed by atoms with E-state index >= 15 is 0 Å². The highest BCUT2D eigenvalue weighted by molar-refractivity contribution is 7.99. The van der Waals surface area contributed by atoms with E-state index in [-0.39, 0.29) is 23.2 Å². The molecule has 0 fully saturated rings. The van der Waals surface area contributed by atoms with Crippen LogP contribution in [0.3, 0.4) is 0 Å². The van der Waals surface area contributed by atoms with Gasteiger partial charge in [-0.15, -0.1) is 11.3 Å². The van der Waals surface area contributed by atoms with E-state index in [2.05, 4.69) is 13.8 Å². The van der Waals surface area contributed by atoms with Crippen LogP contribution in [0.4, 0.5) is 0 Å². The fourth-order valence-electron chi connectivity index (χ4n) is 4.31. The lowest BCUT2D eigenvalue weighted by atomic mass is 9.96. The summed E-state index contributed by atoms with van der Waals surface area (Å²) in [6.07, 6.45) is 0.789. The van der Waals surface area contributed by atoms with Gasteiger partial charge in [-0.1, -0.05) is 55.4 Å². The van der Waals surface area contributed by atoms with E-state index in [0.29, 0.717) is 44.9 Å². The minimum Gasteiger partial charge on any atom is -0.372 e. The third-order valence-electron chi connectivity index (χ3n) is 6.31. The first kappa shape index (κ1) is 24.3. The molecule has 0 saturated heterocycles. The maximum absolute atomic E-state index is 14.0. The van der Waals surface area contributed by atoms with E-state index in [1.165, 1.54) is 23.1 Å². The van der Waals surface area contributed by atoms with Crippen molar-refractivity contribution >= 4 is 50.7 Å². The number of hydrogen-bond acceptors (Lipinski definition) is 6. The third kappa shape index (κ3) is 4.70. The Bertz CT molecular complexity index is 1470. The van der Waals surface area contributed by atoms with Crippen molar-refractivity contribution in [1.29, 1.82) is 0 Å². The van der Waals surface area contributed by atoms with Crippen LogP contribution in [0.25, 0.3) is 15.9 Å². The average Bonchev–Trinajstić information content (AvgIpc) is 3.21. The first-order valence-electron chi connectivity index (χ1n) is 11.5. The predicted octanol–water partition coefficient (Wildman–Crippen LogP) is 6.48. The van der Waals surface area contributed by atoms with E-state index in [0.717, 1.165) is 21.7 Å². The number of benzene rings is 2. The van der Waals surface area contributed by atoms with Crippen LogP contribution < -0.4 is 5.56 Å². The van der Waals surface area contributed by atoms with Gasteiger partial charge in [0.15, 0.2) is 10.9 Å². The first-order valence-corrected chi connectivity index (χ1v) is 13.7. The molecule has 0 spiro atoms. The molecule has 1 aliphatic heterocycles. The lowest BCUT2D eigenvalue weighted by Crippen LogP contribution is -2.28. The van der Waals surface area contributed by atoms with E-state index < -0.39 is 0 Å². The summed E-state index contributed by atoms with van der Waals surface area (Å²) in [7, 11) is 0. The van der Waals surface area contributed by atoms with Gasteiger partial charge in [-0.2, -0.15) is 0 Å². The van der Waals surface area contributed by atoms with Gasteiger partial charge in [-0.25, -0.2) is 4.98 Å². The standard InChI is InChI=1S/C27H25ClN2O3S2/c1-15(2)22-12-19-23(13-33-22)35-25-24(19)26(32)30(20-7-5-4-6-16(20)3)27(29-25)34-14-21(31)17-8-10-18(28)11-9-17/h4-11,15,22H,12-14H2,1-3H3. The molecule has 8 heteroatoms. The van der Waals surface area contributed by atoms with Crippen molar-refractivity contribution in [1.82, 2.24) is 9.55 Å². The Balaban J connectivity index is 1.61. The van der Waals surface area contributed by atoms with Crippen molar-refractivity contribution in [2.45, 2.75) is 45.1 Å². The number of aromatic nitrogens is 2. The molecule has 0 saturated carbocycles. The highest BCUT2D eigenvalue weighted by Crippen LogP contribution is 2.36. The van der Waals surface area contributed by atoms with Crippen LogP contribution in [0.15, 0.2) is 58.5 Å². The second-order valence-electron chi connectivity index (χ2n) is 9.02. The smallest absolute Gasteiger partial charge is 0.267 e. The van der Waals surface area contributed by atoms with Crippen LogP contribution in [-0.4, -0.2) is 27.2 Å². The third-order valence-corrected chi connectivity index (χ3v) is 8.60. The summed E-state index contributed by atoms with van der Waals surface area (Å²) in [5.74, 6) is 0.476. The molecule has 1 atom stereocenters. The SMILES string of the molecule is Cc1ccccc1-n1c(SCC(=O)c2ccc(Cl)cc2)nc2sc3c(c2c1=O)CC(C(C)C)OC3. The Labute approximate surface area is 217 Å². The number of thiophene rings is 1. The molecule has 3 heterocycles. The second-order valence-corrected chi connectivity index (χ2v) is 11.5. The summed E-state index contributed by atoms with van der Waals surface area (Å²) in [5, 5.41) is 1.77. The molecule has 2 aromatic carbocycles. The highest BCUT2D eigenvalue weighted by Gasteiger charge is 2.29. The Morgan fingerprint density at radius 1 is 1.23 bits per heavy atom. The number of hydrogen-bond donors (Lipinski definition) is 0. The van der Waals surface area contributed by atoms with Crippen LogP contribution in [-0.2, 0) is 17.8 Å². The quantitative estimate of drug-likeness (QED) is 0.164. The molecule has 1 unspecified atom stereocenters. The molecule has 1 aliphatic rings. The molecule has 2 aromatic heterocycles. The van der Waals surface area contributed by atoms with Crippen molar-refractivity contribution in [3.8, 4) is 5.69 Å². The number of fused-ring (bicyclic) bond motifs is 3. The lowest BCUT2D eigenvalue weighted by molar-refractivity contribution is 0.00200. The number of carbonyl (C=O) groups is 1. The molecule has 0 bridgehead atoms. The van der Waals surface area contributed by atoms with Gasteiger partial charge < -0.3 is 4.74 Å². The number of ether oxygens (including phenoxy) is 1. The molecule has 180 valence electrons. The fourth-order valence-corrected chi connectivity index (χ4v) is 6.50. The molecule has 5 rings (SSSR count). The normalized spacial score (nSPS) is 15.5. The van der Waals surface area contributed by atoms with Gasteiger partial charge in [0, 0.05) is 21.9 Å². The summed E-state index contributed by atoms with van der Waals surface area (Å²) in [6, 6.07) is 14.6. The Morgan fingerprint density at radius 2 is 1.97 bits per heavy atom. The number of carbonyl (C=O) groups excluding carboxylic acids is 1. The minimum atomic E-state index is -0.0901. The maximum Gasteiger partial charge on any atom is 0.267 e. The molecule has 5 nitrogen and oxygen atoms in total. The topological polar surface area (TPSA) is 61.2 Å². The number of para-hydroxylation sites is 1. The average molecular weight is 525 g/mol. The van der Waals surface area contributed by atoms with Crippen molar-refractivity contribution in [2.75, 3.05) is 5.75 Å². The van der Waals surface area contributed by atoms with Crippen LogP contribution in [0.5, 0.6) is 0 Å². The van der Waals surface area contributed by atoms with Gasteiger partial charge in [0.25, 0.3) is 5.56 Å². The highest BCUT2D eigenvalue weighted by atomic mass is 35.5. The van der Waals surface area contributed by atoms with Crippen molar-refractivity contribution in [3.63, 3.8) is 0 Å². The molecular weight excluding hydrogens is 500 g/mol. The largest absolute Gasteiger partial charge is 0.372 e. The van der Waals surface area contributed by atoms with Gasteiger partial charge >= 0.3 is 0 Å². The number of nitrogens with zero attached hydrogens (tertiary/aromatic N) is 2. The van der Waals surface area contributed by atoms with Gasteiger partial charge in [0.05, 0.1) is 29.5 Å². The number of aryl methyl sites for hydroxylation is 1. The lowest BCUT2D eigenvalue weighted by Gasteiger charge is -2.26. The molecule has 0 N–H and O–H groups in total. The van der Waals surface area contributed by atoms with Crippen LogP contribution >= 0.6 is 34.7 Å². The Kier molecular flexibility index (Phi) is 6.86. The number of halogens is 1. The summed E-state index contributed by atoms with van der Waals surface area (Å²) < 4.78 is 7.72. The predicted molar refractivity (Wildman–Crippen MR) is 144 cm³/mol. The van der Waals surface area contributed by atoms with E-state index in [1.807, 2.05) is 31.2 Å². The van der Waals surface area contributed by atoms with Crippen molar-refractivity contribution in [2.24, 2.45) is 5.92 Å². The van der Waals surface area contributed by atoms with Crippen LogP contribution in [0, 0.1) is 12.8 Å². The molecule has 4 aromatic rings. The van der Waals surface area contributed by atoms with Gasteiger partial charge in [-0.05, 0) is 54.3 Å². The number of ketones is 1. The zero-order chi connectivity index (χ0) is 24.7. The molecule has 0 aliphatic carbocycles. The van der Waals surface area contributed by atoms with E-state index in [4.69, 9.17) is 21.3 Å². The van der Waals surface area contributed by atoms with Gasteiger partial charge in [-0.3, -0.25) is 14.2 Å². The molecular formula is C27H25ClN2O3S2. The van der Waals surface area contributed by atoms with Crippen molar-refractivity contribution < 1.29 is 9.53 Å². The summed E-state index contributed by atoms with van der Waals surface area (Å²) in [6.45, 7) is 6.76. The van der Waals surface area contributed by atoms with Crippen LogP contribution in [0.1, 0.15) is 40.2 Å². The van der Waals surface area contributed by atoms with Crippen molar-refractivity contribution in [3.05, 3.63) is 85.5 Å². The Hall–Kier alpha value is -2.45. The summed E-state index contributed by atoms with van der Waals surface area (Å²) >= 11 is 8.77. The number of thioether (sulfide) groups is 1. The first-order chi connectivity index (χ1) is 16.8. The maximum atomic E-state index is 14.0. The number of rotatable bonds is 6. The van der Waals surface area contributed by atoms with Crippen LogP contribution in [0.2, 0.25) is 5.02 Å². The molecule has 35 heavy (non-hydrogen) atoms. The van der Waals surface area contributed by atoms with Gasteiger partial charge in [0.1, 0.15) is 4.83 Å². The number of Topliss-reactive ketones (excluding diaryl/α,β-unsaturated/α-hetero) is 1. The van der Waals surface area contributed by atoms with E-state index in [9.17, 15) is 9.59 Å². The zero-order valence-electron chi connectivity index (χ0n) is 19.7. The summed E-state index contributed by atoms with van der Waals surface area (Å²) in [5.41, 5.74) is 3.29. The second kappa shape index (κ2) is 9.90. The Morgan fingerprint density at radius 3 is 2.69 bits per heavy atom. The zero-order valence-corrected chi connectivity index (χ0v) is 22.1. The monoisotopic (exact) mass is 524 g/mol. The van der Waals surface area contributed by atoms with E-state index in [1.54, 1.807) is 28.8 Å². The fraction of sp³-hybridized carbons (Fsp3) is 0.296. The molecule has 0 amide bonds. The molecule has 0 radical (unpaired) electrons.